The molecule has 20 heavy (non-hydrogen) atoms. The van der Waals surface area contributed by atoms with Gasteiger partial charge in [-0.15, -0.1) is 11.8 Å². The van der Waals surface area contributed by atoms with Crippen LogP contribution < -0.4 is 5.73 Å². The van der Waals surface area contributed by atoms with Crippen LogP contribution in [-0.4, -0.2) is 68.2 Å². The van der Waals surface area contributed by atoms with Crippen LogP contribution >= 0.6 is 11.8 Å². The monoisotopic (exact) mass is 307 g/mol. The van der Waals surface area contributed by atoms with Crippen molar-refractivity contribution >= 4 is 11.8 Å². The van der Waals surface area contributed by atoms with Gasteiger partial charge in [0.15, 0.2) is 0 Å². The molecule has 2 unspecified atom stereocenters. The van der Waals surface area contributed by atoms with E-state index in [4.69, 9.17) is 10.5 Å². The molecule has 7 atom stereocenters. The highest BCUT2D eigenvalue weighted by Crippen LogP contribution is 2.47. The third-order valence-corrected chi connectivity index (χ3v) is 6.14. The molecule has 0 amide bonds. The highest BCUT2D eigenvalue weighted by Gasteiger charge is 2.47. The lowest BCUT2D eigenvalue weighted by Crippen LogP contribution is -2.58. The van der Waals surface area contributed by atoms with Crippen LogP contribution in [0.1, 0.15) is 26.7 Å². The van der Waals surface area contributed by atoms with E-state index in [0.29, 0.717) is 0 Å². The minimum absolute atomic E-state index is 0.0306. The number of rotatable bonds is 3. The Hall–Kier alpha value is 0.110. The Balaban J connectivity index is 2.05. The highest BCUT2D eigenvalue weighted by molar-refractivity contribution is 8.00. The van der Waals surface area contributed by atoms with Gasteiger partial charge in [0, 0.05) is 11.3 Å². The van der Waals surface area contributed by atoms with Crippen LogP contribution in [0, 0.1) is 5.41 Å². The third-order valence-electron chi connectivity index (χ3n) is 4.32. The maximum Gasteiger partial charge on any atom is 0.132 e. The summed E-state index contributed by atoms with van der Waals surface area (Å²) in [5.74, 6) is 0. The van der Waals surface area contributed by atoms with Crippen LogP contribution in [0.2, 0.25) is 0 Å². The molecule has 6 nitrogen and oxygen atoms in total. The predicted octanol–water partition coefficient (Wildman–Crippen LogP) is -0.965. The standard InChI is InChI=1S/C13H25NO5S/c1-13(2)4-6(14)3-8(13)20-12-11(18)10(17)9(16)7(5-15)19-12/h6-12,15-18H,3-5,14H2,1-2H3/t6?,7-,8?,9+,10+,11-,12+/m1/s1. The maximum atomic E-state index is 10.0. The topological polar surface area (TPSA) is 116 Å². The lowest BCUT2D eigenvalue weighted by molar-refractivity contribution is -0.205. The summed E-state index contributed by atoms with van der Waals surface area (Å²) in [5, 5.41) is 39.0. The van der Waals surface area contributed by atoms with Crippen molar-refractivity contribution in [3.8, 4) is 0 Å². The molecule has 1 aliphatic carbocycles. The van der Waals surface area contributed by atoms with Crippen LogP contribution in [0.25, 0.3) is 0 Å². The maximum absolute atomic E-state index is 10.0. The molecule has 2 aliphatic rings. The molecule has 6 N–H and O–H groups in total. The van der Waals surface area contributed by atoms with Gasteiger partial charge in [0.05, 0.1) is 6.61 Å². The number of hydrogen-bond acceptors (Lipinski definition) is 7. The van der Waals surface area contributed by atoms with Gasteiger partial charge < -0.3 is 30.9 Å². The van der Waals surface area contributed by atoms with Gasteiger partial charge in [-0.1, -0.05) is 13.8 Å². The summed E-state index contributed by atoms with van der Waals surface area (Å²) in [6.07, 6.45) is -2.90. The van der Waals surface area contributed by atoms with Crippen molar-refractivity contribution in [1.29, 1.82) is 0 Å². The number of nitrogens with two attached hydrogens (primary N) is 1. The molecule has 0 radical (unpaired) electrons. The average Bonchev–Trinajstić information content (AvgIpc) is 2.62. The number of aliphatic hydroxyl groups excluding tert-OH is 4. The van der Waals surface area contributed by atoms with E-state index in [1.807, 2.05) is 0 Å². The predicted molar refractivity (Wildman–Crippen MR) is 76.1 cm³/mol. The van der Waals surface area contributed by atoms with E-state index in [1.165, 1.54) is 11.8 Å². The van der Waals surface area contributed by atoms with Crippen molar-refractivity contribution in [2.24, 2.45) is 11.1 Å². The molecule has 0 bridgehead atoms. The zero-order valence-electron chi connectivity index (χ0n) is 11.8. The van der Waals surface area contributed by atoms with Gasteiger partial charge in [-0.05, 0) is 18.3 Å². The Morgan fingerprint density at radius 3 is 2.35 bits per heavy atom. The zero-order valence-corrected chi connectivity index (χ0v) is 12.7. The summed E-state index contributed by atoms with van der Waals surface area (Å²) in [4.78, 5) is 0. The summed E-state index contributed by atoms with van der Waals surface area (Å²) < 4.78 is 5.53. The largest absolute Gasteiger partial charge is 0.394 e. The Morgan fingerprint density at radius 2 is 1.85 bits per heavy atom. The van der Waals surface area contributed by atoms with Crippen LogP contribution in [0.3, 0.4) is 0 Å². The summed E-state index contributed by atoms with van der Waals surface area (Å²) >= 11 is 1.44. The van der Waals surface area contributed by atoms with Crippen molar-refractivity contribution in [3.05, 3.63) is 0 Å². The Kier molecular flexibility index (Phi) is 5.01. The molecule has 1 aliphatic heterocycles. The van der Waals surface area contributed by atoms with E-state index in [1.54, 1.807) is 0 Å². The molecule has 2 rings (SSSR count). The molecule has 1 heterocycles. The Bertz CT molecular complexity index is 341. The van der Waals surface area contributed by atoms with Crippen LogP contribution in [0.4, 0.5) is 0 Å². The quantitative estimate of drug-likeness (QED) is 0.456. The first-order valence-corrected chi connectivity index (χ1v) is 7.92. The Labute approximate surface area is 123 Å². The fourth-order valence-electron chi connectivity index (χ4n) is 3.07. The van der Waals surface area contributed by atoms with Gasteiger partial charge in [-0.3, -0.25) is 0 Å². The fraction of sp³-hybridized carbons (Fsp3) is 1.00. The van der Waals surface area contributed by atoms with Crippen molar-refractivity contribution in [2.45, 2.75) is 67.8 Å². The van der Waals surface area contributed by atoms with Gasteiger partial charge in [0.2, 0.25) is 0 Å². The van der Waals surface area contributed by atoms with E-state index in [2.05, 4.69) is 13.8 Å². The van der Waals surface area contributed by atoms with Gasteiger partial charge in [-0.25, -0.2) is 0 Å². The van der Waals surface area contributed by atoms with E-state index < -0.39 is 36.5 Å². The number of aliphatic hydroxyl groups is 4. The minimum Gasteiger partial charge on any atom is -0.394 e. The van der Waals surface area contributed by atoms with E-state index >= 15 is 0 Å². The first kappa shape index (κ1) is 16.5. The third kappa shape index (κ3) is 3.14. The average molecular weight is 307 g/mol. The molecule has 1 saturated carbocycles. The Morgan fingerprint density at radius 1 is 1.20 bits per heavy atom. The highest BCUT2D eigenvalue weighted by atomic mass is 32.2. The second-order valence-corrected chi connectivity index (χ2v) is 7.82. The first-order valence-electron chi connectivity index (χ1n) is 6.98. The van der Waals surface area contributed by atoms with Crippen LogP contribution in [0.5, 0.6) is 0 Å². The summed E-state index contributed by atoms with van der Waals surface area (Å²) in [7, 11) is 0. The molecule has 7 heteroatoms. The number of hydrogen-bond donors (Lipinski definition) is 5. The second kappa shape index (κ2) is 6.08. The molecular formula is C13H25NO5S. The molecule has 2 fully saturated rings. The lowest BCUT2D eigenvalue weighted by atomic mass is 9.91. The van der Waals surface area contributed by atoms with Crippen molar-refractivity contribution in [3.63, 3.8) is 0 Å². The summed E-state index contributed by atoms with van der Waals surface area (Å²) in [5.41, 5.74) is 5.36. The number of thioether (sulfide) groups is 1. The number of ether oxygens (including phenoxy) is 1. The van der Waals surface area contributed by atoms with Crippen molar-refractivity contribution < 1.29 is 25.2 Å². The molecule has 0 spiro atoms. The molecule has 0 aromatic rings. The summed E-state index contributed by atoms with van der Waals surface area (Å²) in [6.45, 7) is 3.86. The molecule has 0 aromatic carbocycles. The fourth-order valence-corrected chi connectivity index (χ4v) is 4.74. The first-order chi connectivity index (χ1) is 9.26. The van der Waals surface area contributed by atoms with E-state index in [0.717, 1.165) is 12.8 Å². The van der Waals surface area contributed by atoms with E-state index in [9.17, 15) is 20.4 Å². The van der Waals surface area contributed by atoms with Crippen molar-refractivity contribution in [1.82, 2.24) is 0 Å². The normalized spacial score (nSPS) is 48.5. The summed E-state index contributed by atoms with van der Waals surface area (Å²) in [6, 6.07) is 0.132. The molecule has 1 saturated heterocycles. The lowest BCUT2D eigenvalue weighted by Gasteiger charge is -2.41. The molecule has 0 aromatic heterocycles. The van der Waals surface area contributed by atoms with Gasteiger partial charge in [-0.2, -0.15) is 0 Å². The second-order valence-electron chi connectivity index (χ2n) is 6.51. The van der Waals surface area contributed by atoms with E-state index in [-0.39, 0.29) is 16.7 Å². The zero-order chi connectivity index (χ0) is 15.1. The van der Waals surface area contributed by atoms with Crippen molar-refractivity contribution in [2.75, 3.05) is 6.61 Å². The SMILES string of the molecule is CC1(C)CC(N)CC1S[C@@H]1O[C@H](CO)[C@H](O)[C@H](O)[C@H]1O. The van der Waals surface area contributed by atoms with Gasteiger partial charge >= 0.3 is 0 Å². The van der Waals surface area contributed by atoms with Gasteiger partial charge in [0.25, 0.3) is 0 Å². The molecule has 118 valence electrons. The minimum atomic E-state index is -1.31. The smallest absolute Gasteiger partial charge is 0.132 e. The van der Waals surface area contributed by atoms with Gasteiger partial charge in [0.1, 0.15) is 29.9 Å². The van der Waals surface area contributed by atoms with Crippen LogP contribution in [-0.2, 0) is 4.74 Å². The van der Waals surface area contributed by atoms with Crippen LogP contribution in [0.15, 0.2) is 0 Å². The molecular weight excluding hydrogens is 282 g/mol.